The van der Waals surface area contributed by atoms with Gasteiger partial charge in [0.25, 0.3) is 0 Å². The molecule has 6 nitrogen and oxygen atoms in total. The first kappa shape index (κ1) is 24.5. The zero-order valence-electron chi connectivity index (χ0n) is 16.8. The molecule has 1 aromatic carbocycles. The van der Waals surface area contributed by atoms with Crippen molar-refractivity contribution in [1.82, 2.24) is 5.32 Å². The lowest BCUT2D eigenvalue weighted by molar-refractivity contribution is -0.138. The van der Waals surface area contributed by atoms with Gasteiger partial charge in [0.1, 0.15) is 11.3 Å². The number of hydrogen-bond donors (Lipinski definition) is 2. The smallest absolute Gasteiger partial charge is 0.343 e. The quantitative estimate of drug-likeness (QED) is 0.183. The van der Waals surface area contributed by atoms with E-state index in [9.17, 15) is 14.7 Å². The molecule has 1 atom stereocenters. The molecular formula is C20H27BrClNO5. The van der Waals surface area contributed by atoms with Crippen LogP contribution in [0.25, 0.3) is 0 Å². The fourth-order valence-corrected chi connectivity index (χ4v) is 3.01. The lowest BCUT2D eigenvalue weighted by Gasteiger charge is -2.29. The molecule has 1 rings (SSSR count). The monoisotopic (exact) mass is 475 g/mol. The molecule has 0 saturated heterocycles. The van der Waals surface area contributed by atoms with Crippen LogP contribution in [0, 0.1) is 5.41 Å². The minimum Gasteiger partial charge on any atom is -0.492 e. The van der Waals surface area contributed by atoms with E-state index >= 15 is 0 Å². The number of ether oxygens (including phenoxy) is 2. The summed E-state index contributed by atoms with van der Waals surface area (Å²) in [4.78, 5) is 25.5. The number of benzene rings is 1. The Morgan fingerprint density at radius 3 is 2.43 bits per heavy atom. The molecule has 156 valence electrons. The second-order valence-electron chi connectivity index (χ2n) is 7.07. The average Bonchev–Trinajstić information content (AvgIpc) is 2.60. The second kappa shape index (κ2) is 10.8. The summed E-state index contributed by atoms with van der Waals surface area (Å²) in [7, 11) is 0. The molecule has 0 spiro atoms. The topological polar surface area (TPSA) is 84.9 Å². The van der Waals surface area contributed by atoms with Crippen molar-refractivity contribution < 1.29 is 24.2 Å². The van der Waals surface area contributed by atoms with Gasteiger partial charge in [-0.3, -0.25) is 4.79 Å². The molecule has 8 heteroatoms. The molecule has 0 saturated carbocycles. The summed E-state index contributed by atoms with van der Waals surface area (Å²) in [6.45, 7) is 9.56. The average molecular weight is 477 g/mol. The molecule has 0 aliphatic heterocycles. The number of ketones is 1. The van der Waals surface area contributed by atoms with Crippen LogP contribution in [0.3, 0.4) is 0 Å². The van der Waals surface area contributed by atoms with E-state index < -0.39 is 11.8 Å². The van der Waals surface area contributed by atoms with Gasteiger partial charge < -0.3 is 19.9 Å². The van der Waals surface area contributed by atoms with Crippen molar-refractivity contribution in [2.24, 2.45) is 5.41 Å². The Morgan fingerprint density at radius 1 is 1.29 bits per heavy atom. The molecule has 1 aromatic rings. The van der Waals surface area contributed by atoms with E-state index in [-0.39, 0.29) is 40.8 Å². The van der Waals surface area contributed by atoms with E-state index in [1.54, 1.807) is 19.9 Å². The number of nitrogens with one attached hydrogen (secondary N) is 1. The molecule has 0 heterocycles. The summed E-state index contributed by atoms with van der Waals surface area (Å²) in [6, 6.07) is 2.80. The highest BCUT2D eigenvalue weighted by molar-refractivity contribution is 9.10. The third-order valence-corrected chi connectivity index (χ3v) is 4.79. The molecule has 0 bridgehead atoms. The number of carbonyl (C=O) groups is 2. The van der Waals surface area contributed by atoms with Crippen molar-refractivity contribution >= 4 is 39.3 Å². The minimum absolute atomic E-state index is 0.108. The van der Waals surface area contributed by atoms with E-state index in [2.05, 4.69) is 21.2 Å². The van der Waals surface area contributed by atoms with Gasteiger partial charge in [0.15, 0.2) is 0 Å². The van der Waals surface area contributed by atoms with E-state index in [0.717, 1.165) is 0 Å². The van der Waals surface area contributed by atoms with Gasteiger partial charge in [0.05, 0.1) is 30.9 Å². The summed E-state index contributed by atoms with van der Waals surface area (Å²) >= 11 is 9.66. The molecule has 0 fully saturated rings. The largest absolute Gasteiger partial charge is 0.492 e. The standard InChI is InChI=1S/C20H27BrClNO5/c1-6-27-15-9-12(21)8-13(17(15)22)18(25)14(19(26)28-7-2)10-23-16(11-24)20(3,4)5/h8-10,16,23-24H,6-7,11H2,1-5H3. The maximum absolute atomic E-state index is 13.1. The molecule has 0 aliphatic carbocycles. The van der Waals surface area contributed by atoms with Gasteiger partial charge in [0.2, 0.25) is 5.78 Å². The van der Waals surface area contributed by atoms with Crippen LogP contribution in [0.1, 0.15) is 45.0 Å². The molecular weight excluding hydrogens is 450 g/mol. The van der Waals surface area contributed by atoms with Gasteiger partial charge in [-0.1, -0.05) is 48.3 Å². The molecule has 0 amide bonds. The highest BCUT2D eigenvalue weighted by Crippen LogP contribution is 2.34. The number of rotatable bonds is 9. The molecule has 1 unspecified atom stereocenters. The van der Waals surface area contributed by atoms with Gasteiger partial charge in [-0.15, -0.1) is 0 Å². The normalized spacial score (nSPS) is 13.1. The summed E-state index contributed by atoms with van der Waals surface area (Å²) in [5, 5.41) is 12.7. The molecule has 0 aromatic heterocycles. The van der Waals surface area contributed by atoms with Crippen LogP contribution in [-0.4, -0.2) is 42.7 Å². The van der Waals surface area contributed by atoms with Gasteiger partial charge in [-0.25, -0.2) is 4.79 Å². The van der Waals surface area contributed by atoms with Crippen molar-refractivity contribution in [2.45, 2.75) is 40.7 Å². The van der Waals surface area contributed by atoms with E-state index in [1.165, 1.54) is 12.3 Å². The SMILES string of the molecule is CCOC(=O)C(=CNC(CO)C(C)(C)C)C(=O)c1cc(Br)cc(OCC)c1Cl. The van der Waals surface area contributed by atoms with Crippen molar-refractivity contribution in [2.75, 3.05) is 19.8 Å². The summed E-state index contributed by atoms with van der Waals surface area (Å²) in [6.07, 6.45) is 1.28. The zero-order valence-corrected chi connectivity index (χ0v) is 19.1. The summed E-state index contributed by atoms with van der Waals surface area (Å²) < 4.78 is 11.1. The fraction of sp³-hybridized carbons (Fsp3) is 0.500. The third kappa shape index (κ3) is 6.50. The van der Waals surface area contributed by atoms with Crippen LogP contribution in [-0.2, 0) is 9.53 Å². The van der Waals surface area contributed by atoms with Crippen LogP contribution in [0.2, 0.25) is 5.02 Å². The Labute approximate surface area is 179 Å². The summed E-state index contributed by atoms with van der Waals surface area (Å²) in [5.74, 6) is -1.05. The minimum atomic E-state index is -0.778. The summed E-state index contributed by atoms with van der Waals surface area (Å²) in [5.41, 5.74) is -0.409. The fourth-order valence-electron chi connectivity index (χ4n) is 2.32. The van der Waals surface area contributed by atoms with Crippen LogP contribution in [0.15, 0.2) is 28.4 Å². The first-order chi connectivity index (χ1) is 13.1. The second-order valence-corrected chi connectivity index (χ2v) is 8.37. The maximum Gasteiger partial charge on any atom is 0.343 e. The predicted molar refractivity (Wildman–Crippen MR) is 113 cm³/mol. The van der Waals surface area contributed by atoms with Crippen molar-refractivity contribution in [1.29, 1.82) is 0 Å². The first-order valence-corrected chi connectivity index (χ1v) is 10.1. The van der Waals surface area contributed by atoms with Gasteiger partial charge in [0, 0.05) is 16.2 Å². The number of hydrogen-bond acceptors (Lipinski definition) is 6. The molecule has 0 radical (unpaired) electrons. The highest BCUT2D eigenvalue weighted by Gasteiger charge is 2.27. The van der Waals surface area contributed by atoms with Gasteiger partial charge in [-0.2, -0.15) is 0 Å². The van der Waals surface area contributed by atoms with Crippen molar-refractivity contribution in [3.63, 3.8) is 0 Å². The van der Waals surface area contributed by atoms with E-state index in [0.29, 0.717) is 16.8 Å². The van der Waals surface area contributed by atoms with Crippen LogP contribution < -0.4 is 10.1 Å². The lowest BCUT2D eigenvalue weighted by Crippen LogP contribution is -2.41. The maximum atomic E-state index is 13.1. The number of aliphatic hydroxyl groups is 1. The predicted octanol–water partition coefficient (Wildman–Crippen LogP) is 4.13. The van der Waals surface area contributed by atoms with Crippen LogP contribution >= 0.6 is 27.5 Å². The van der Waals surface area contributed by atoms with Crippen LogP contribution in [0.4, 0.5) is 0 Å². The molecule has 28 heavy (non-hydrogen) atoms. The van der Waals surface area contributed by atoms with Crippen molar-refractivity contribution in [3.8, 4) is 5.75 Å². The first-order valence-electron chi connectivity index (χ1n) is 8.97. The number of halogens is 2. The third-order valence-electron chi connectivity index (χ3n) is 3.95. The van der Waals surface area contributed by atoms with Gasteiger partial charge in [-0.05, 0) is 31.4 Å². The van der Waals surface area contributed by atoms with Crippen LogP contribution in [0.5, 0.6) is 5.75 Å². The molecule has 2 N–H and O–H groups in total. The lowest BCUT2D eigenvalue weighted by atomic mass is 9.87. The zero-order chi connectivity index (χ0) is 21.5. The Hall–Kier alpha value is -1.57. The number of aliphatic hydroxyl groups excluding tert-OH is 1. The Balaban J connectivity index is 3.38. The highest BCUT2D eigenvalue weighted by atomic mass is 79.9. The van der Waals surface area contributed by atoms with E-state index in [1.807, 2.05) is 20.8 Å². The Bertz CT molecular complexity index is 743. The molecule has 0 aliphatic rings. The van der Waals surface area contributed by atoms with E-state index in [4.69, 9.17) is 21.1 Å². The van der Waals surface area contributed by atoms with Crippen molar-refractivity contribution in [3.05, 3.63) is 39.0 Å². The van der Waals surface area contributed by atoms with Gasteiger partial charge >= 0.3 is 5.97 Å². The number of esters is 1. The Morgan fingerprint density at radius 2 is 1.93 bits per heavy atom. The number of carbonyl (C=O) groups excluding carboxylic acids is 2. The Kier molecular flexibility index (Phi) is 9.47. The number of Topliss-reactive ketones (excluding diaryl/α,β-unsaturated/α-hetero) is 1.